The first-order valence-corrected chi connectivity index (χ1v) is 15.2. The van der Waals surface area contributed by atoms with Crippen LogP contribution in [0.15, 0.2) is 82.2 Å². The molecular formula is C28H30BrCl2N3O4S. The lowest BCUT2D eigenvalue weighted by Gasteiger charge is -2.32. The number of sulfonamides is 1. The molecule has 0 bridgehead atoms. The van der Waals surface area contributed by atoms with Crippen LogP contribution in [0.3, 0.4) is 0 Å². The largest absolute Gasteiger partial charge is 0.354 e. The lowest BCUT2D eigenvalue weighted by atomic mass is 10.1. The van der Waals surface area contributed by atoms with Gasteiger partial charge in [-0.2, -0.15) is 0 Å². The molecule has 3 aromatic carbocycles. The Bertz CT molecular complexity index is 1380. The molecule has 7 nitrogen and oxygen atoms in total. The van der Waals surface area contributed by atoms with E-state index in [0.717, 1.165) is 14.3 Å². The maximum Gasteiger partial charge on any atom is 0.264 e. The van der Waals surface area contributed by atoms with E-state index in [1.807, 2.05) is 38.1 Å². The van der Waals surface area contributed by atoms with Gasteiger partial charge in [0.05, 0.1) is 10.6 Å². The number of benzene rings is 3. The fourth-order valence-corrected chi connectivity index (χ4v) is 5.95. The van der Waals surface area contributed by atoms with Crippen molar-refractivity contribution in [2.75, 3.05) is 17.4 Å². The predicted octanol–water partition coefficient (Wildman–Crippen LogP) is 6.14. The minimum Gasteiger partial charge on any atom is -0.354 e. The molecule has 3 rings (SSSR count). The Hall–Kier alpha value is -2.59. The third-order valence-electron chi connectivity index (χ3n) is 5.86. The van der Waals surface area contributed by atoms with E-state index in [9.17, 15) is 18.0 Å². The topological polar surface area (TPSA) is 86.8 Å². The van der Waals surface area contributed by atoms with Gasteiger partial charge in [-0.15, -0.1) is 0 Å². The Kier molecular flexibility index (Phi) is 10.8. The Labute approximate surface area is 248 Å². The minimum atomic E-state index is -4.20. The average molecular weight is 655 g/mol. The number of anilines is 1. The quantitative estimate of drug-likeness (QED) is 0.269. The third-order valence-corrected chi connectivity index (χ3v) is 8.62. The van der Waals surface area contributed by atoms with Gasteiger partial charge in [-0.3, -0.25) is 13.9 Å². The van der Waals surface area contributed by atoms with E-state index in [1.165, 1.54) is 35.2 Å². The molecule has 3 aromatic rings. The van der Waals surface area contributed by atoms with Crippen LogP contribution in [0, 0.1) is 5.92 Å². The molecule has 11 heteroatoms. The summed E-state index contributed by atoms with van der Waals surface area (Å²) < 4.78 is 29.4. The Morgan fingerprint density at radius 1 is 0.923 bits per heavy atom. The summed E-state index contributed by atoms with van der Waals surface area (Å²) in [5.74, 6) is -0.686. The zero-order valence-corrected chi connectivity index (χ0v) is 25.7. The van der Waals surface area contributed by atoms with Crippen LogP contribution in [-0.2, 0) is 26.2 Å². The van der Waals surface area contributed by atoms with Crippen molar-refractivity contribution in [3.63, 3.8) is 0 Å². The number of rotatable bonds is 11. The van der Waals surface area contributed by atoms with Gasteiger partial charge in [0.15, 0.2) is 0 Å². The summed E-state index contributed by atoms with van der Waals surface area (Å²) >= 11 is 15.8. The van der Waals surface area contributed by atoms with Crippen molar-refractivity contribution in [1.29, 1.82) is 0 Å². The van der Waals surface area contributed by atoms with Crippen LogP contribution < -0.4 is 9.62 Å². The molecule has 1 atom stereocenters. The Morgan fingerprint density at radius 3 is 2.08 bits per heavy atom. The van der Waals surface area contributed by atoms with Gasteiger partial charge in [-0.1, -0.05) is 83.3 Å². The van der Waals surface area contributed by atoms with Gasteiger partial charge in [-0.25, -0.2) is 8.42 Å². The van der Waals surface area contributed by atoms with Crippen molar-refractivity contribution in [2.24, 2.45) is 5.92 Å². The molecule has 1 N–H and O–H groups in total. The summed E-state index contributed by atoms with van der Waals surface area (Å²) in [6.45, 7) is 5.53. The molecule has 0 radical (unpaired) electrons. The summed E-state index contributed by atoms with van der Waals surface area (Å²) in [6, 6.07) is 18.6. The highest BCUT2D eigenvalue weighted by molar-refractivity contribution is 9.10. The molecule has 0 aromatic heterocycles. The van der Waals surface area contributed by atoms with Crippen molar-refractivity contribution in [3.05, 3.63) is 92.9 Å². The maximum atomic E-state index is 13.9. The van der Waals surface area contributed by atoms with E-state index in [4.69, 9.17) is 23.2 Å². The minimum absolute atomic E-state index is 0.00363. The van der Waals surface area contributed by atoms with Crippen molar-refractivity contribution >= 4 is 66.7 Å². The van der Waals surface area contributed by atoms with Gasteiger partial charge in [-0.05, 0) is 60.9 Å². The van der Waals surface area contributed by atoms with Gasteiger partial charge < -0.3 is 10.2 Å². The van der Waals surface area contributed by atoms with Gasteiger partial charge in [0.1, 0.15) is 12.6 Å². The maximum absolute atomic E-state index is 13.9. The smallest absolute Gasteiger partial charge is 0.264 e. The Balaban J connectivity index is 2.03. The number of carbonyl (C=O) groups excluding carboxylic acids is 2. The molecule has 0 saturated heterocycles. The van der Waals surface area contributed by atoms with Crippen molar-refractivity contribution in [2.45, 2.75) is 38.3 Å². The zero-order chi connectivity index (χ0) is 28.7. The second-order valence-corrected chi connectivity index (χ2v) is 13.1. The number of hydrogen-bond acceptors (Lipinski definition) is 4. The molecular weight excluding hydrogens is 625 g/mol. The van der Waals surface area contributed by atoms with Crippen LogP contribution in [0.4, 0.5) is 5.69 Å². The van der Waals surface area contributed by atoms with Crippen LogP contribution in [0.1, 0.15) is 26.3 Å². The highest BCUT2D eigenvalue weighted by atomic mass is 79.9. The normalized spacial score (nSPS) is 12.2. The first-order chi connectivity index (χ1) is 18.4. The third kappa shape index (κ3) is 8.45. The van der Waals surface area contributed by atoms with E-state index in [1.54, 1.807) is 25.1 Å². The van der Waals surface area contributed by atoms with E-state index in [2.05, 4.69) is 21.2 Å². The number of nitrogens with zero attached hydrogens (tertiary/aromatic N) is 2. The predicted molar refractivity (Wildman–Crippen MR) is 159 cm³/mol. The van der Waals surface area contributed by atoms with Crippen LogP contribution in [0.5, 0.6) is 0 Å². The number of halogens is 3. The first kappa shape index (κ1) is 30.9. The molecule has 2 amide bonds. The second-order valence-electron chi connectivity index (χ2n) is 9.42. The van der Waals surface area contributed by atoms with Crippen LogP contribution in [-0.4, -0.2) is 44.3 Å². The van der Waals surface area contributed by atoms with E-state index < -0.39 is 28.5 Å². The van der Waals surface area contributed by atoms with Gasteiger partial charge >= 0.3 is 0 Å². The first-order valence-electron chi connectivity index (χ1n) is 12.2. The Morgan fingerprint density at radius 2 is 1.51 bits per heavy atom. The van der Waals surface area contributed by atoms with Gasteiger partial charge in [0.25, 0.3) is 10.0 Å². The molecule has 0 aliphatic heterocycles. The van der Waals surface area contributed by atoms with Crippen molar-refractivity contribution in [3.8, 4) is 0 Å². The average Bonchev–Trinajstić information content (AvgIpc) is 2.89. The van der Waals surface area contributed by atoms with Crippen molar-refractivity contribution < 1.29 is 18.0 Å². The standard InChI is InChI=1S/C28H30BrCl2N3O4S/c1-19(2)16-32-28(36)20(3)33(17-21-9-11-22(29)12-10-21)27(35)18-34(25-14-23(30)13-24(31)15-25)39(37,38)26-7-5-4-6-8-26/h4-15,19-20H,16-18H2,1-3H3,(H,32,36). The van der Waals surface area contributed by atoms with Crippen molar-refractivity contribution in [1.82, 2.24) is 10.2 Å². The summed E-state index contributed by atoms with van der Waals surface area (Å²) in [5.41, 5.74) is 0.906. The molecule has 0 fully saturated rings. The monoisotopic (exact) mass is 653 g/mol. The van der Waals surface area contributed by atoms with E-state index >= 15 is 0 Å². The number of amides is 2. The lowest BCUT2D eigenvalue weighted by Crippen LogP contribution is -2.51. The fourth-order valence-electron chi connectivity index (χ4n) is 3.75. The SMILES string of the molecule is CC(C)CNC(=O)C(C)N(Cc1ccc(Br)cc1)C(=O)CN(c1cc(Cl)cc(Cl)c1)S(=O)(=O)c1ccccc1. The van der Waals surface area contributed by atoms with Crippen LogP contribution in [0.25, 0.3) is 0 Å². The molecule has 0 saturated carbocycles. The van der Waals surface area contributed by atoms with Crippen LogP contribution >= 0.6 is 39.1 Å². The van der Waals surface area contributed by atoms with Crippen LogP contribution in [0.2, 0.25) is 10.0 Å². The highest BCUT2D eigenvalue weighted by Crippen LogP contribution is 2.30. The summed E-state index contributed by atoms with van der Waals surface area (Å²) in [6.07, 6.45) is 0. The summed E-state index contributed by atoms with van der Waals surface area (Å²) in [4.78, 5) is 28.3. The van der Waals surface area contributed by atoms with Gasteiger partial charge in [0, 0.05) is 27.6 Å². The molecule has 0 heterocycles. The molecule has 208 valence electrons. The number of hydrogen-bond donors (Lipinski definition) is 1. The van der Waals surface area contributed by atoms with Gasteiger partial charge in [0.2, 0.25) is 11.8 Å². The highest BCUT2D eigenvalue weighted by Gasteiger charge is 2.32. The zero-order valence-electron chi connectivity index (χ0n) is 21.8. The molecule has 1 unspecified atom stereocenters. The molecule has 39 heavy (non-hydrogen) atoms. The van der Waals surface area contributed by atoms with E-state index in [0.29, 0.717) is 6.54 Å². The molecule has 0 aliphatic carbocycles. The molecule has 0 spiro atoms. The second kappa shape index (κ2) is 13.7. The van der Waals surface area contributed by atoms with E-state index in [-0.39, 0.29) is 39.0 Å². The fraction of sp³-hybridized carbons (Fsp3) is 0.286. The summed E-state index contributed by atoms with van der Waals surface area (Å²) in [5, 5.41) is 3.29. The summed E-state index contributed by atoms with van der Waals surface area (Å²) in [7, 11) is -4.20. The lowest BCUT2D eigenvalue weighted by molar-refractivity contribution is -0.139. The number of carbonyl (C=O) groups is 2. The number of nitrogens with one attached hydrogen (secondary N) is 1. The molecule has 0 aliphatic rings.